The van der Waals surface area contributed by atoms with Crippen molar-refractivity contribution in [3.63, 3.8) is 0 Å². The molecule has 3 nitrogen and oxygen atoms in total. The lowest BCUT2D eigenvalue weighted by Crippen LogP contribution is -2.02. The van der Waals surface area contributed by atoms with Crippen molar-refractivity contribution in [2.45, 2.75) is 26.8 Å². The van der Waals surface area contributed by atoms with Crippen LogP contribution >= 0.6 is 0 Å². The molecule has 2 N–H and O–H groups in total. The Kier molecular flexibility index (Phi) is 2.97. The van der Waals surface area contributed by atoms with E-state index < -0.39 is 0 Å². The highest BCUT2D eigenvalue weighted by molar-refractivity contribution is 5.82. The van der Waals surface area contributed by atoms with Crippen molar-refractivity contribution in [1.82, 2.24) is 9.78 Å². The summed E-state index contributed by atoms with van der Waals surface area (Å²) in [6, 6.07) is 6.31. The van der Waals surface area contributed by atoms with Gasteiger partial charge in [-0.2, -0.15) is 5.10 Å². The van der Waals surface area contributed by atoms with Crippen molar-refractivity contribution in [1.29, 1.82) is 0 Å². The average molecular weight is 217 g/mol. The zero-order chi connectivity index (χ0) is 11.7. The van der Waals surface area contributed by atoms with Gasteiger partial charge < -0.3 is 5.73 Å². The summed E-state index contributed by atoms with van der Waals surface area (Å²) < 4.78 is 1.99. The van der Waals surface area contributed by atoms with Crippen LogP contribution in [0.2, 0.25) is 0 Å². The number of rotatable bonds is 3. The van der Waals surface area contributed by atoms with E-state index in [1.54, 1.807) is 0 Å². The van der Waals surface area contributed by atoms with E-state index in [1.165, 1.54) is 11.1 Å². The number of aromatic nitrogens is 2. The van der Waals surface area contributed by atoms with Gasteiger partial charge in [-0.3, -0.25) is 4.68 Å². The molecule has 0 aliphatic heterocycles. The number of nitrogens with zero attached hydrogens (tertiary/aromatic N) is 2. The Morgan fingerprint density at radius 2 is 2.12 bits per heavy atom. The SMILES string of the molecule is CC(C)Cc1c2ccc(CN)cc2nn1C. The van der Waals surface area contributed by atoms with Crippen molar-refractivity contribution >= 4 is 10.9 Å². The molecule has 0 amide bonds. The van der Waals surface area contributed by atoms with E-state index in [4.69, 9.17) is 5.73 Å². The lowest BCUT2D eigenvalue weighted by molar-refractivity contribution is 0.599. The topological polar surface area (TPSA) is 43.8 Å². The Hall–Kier alpha value is -1.35. The fourth-order valence-corrected chi connectivity index (χ4v) is 2.06. The van der Waals surface area contributed by atoms with Gasteiger partial charge in [-0.05, 0) is 24.0 Å². The molecule has 1 aromatic heterocycles. The fourth-order valence-electron chi connectivity index (χ4n) is 2.06. The predicted molar refractivity (Wildman–Crippen MR) is 67.1 cm³/mol. The smallest absolute Gasteiger partial charge is 0.0929 e. The van der Waals surface area contributed by atoms with Gasteiger partial charge >= 0.3 is 0 Å². The maximum atomic E-state index is 5.63. The zero-order valence-corrected chi connectivity index (χ0v) is 10.2. The molecule has 0 unspecified atom stereocenters. The Balaban J connectivity index is 2.53. The molecule has 1 aromatic carbocycles. The van der Waals surface area contributed by atoms with Gasteiger partial charge in [-0.1, -0.05) is 26.0 Å². The van der Waals surface area contributed by atoms with Crippen LogP contribution in [0.5, 0.6) is 0 Å². The summed E-state index contributed by atoms with van der Waals surface area (Å²) in [6.45, 7) is 5.03. The van der Waals surface area contributed by atoms with Crippen LogP contribution < -0.4 is 5.73 Å². The highest BCUT2D eigenvalue weighted by atomic mass is 15.3. The van der Waals surface area contributed by atoms with E-state index in [9.17, 15) is 0 Å². The molecule has 2 aromatic rings. The van der Waals surface area contributed by atoms with E-state index in [2.05, 4.69) is 37.1 Å². The molecule has 0 atom stereocenters. The monoisotopic (exact) mass is 217 g/mol. The highest BCUT2D eigenvalue weighted by Crippen LogP contribution is 2.21. The Bertz CT molecular complexity index is 497. The summed E-state index contributed by atoms with van der Waals surface area (Å²) in [7, 11) is 2.01. The second-order valence-electron chi connectivity index (χ2n) is 4.72. The van der Waals surface area contributed by atoms with Crippen LogP contribution in [0.1, 0.15) is 25.1 Å². The third-order valence-corrected chi connectivity index (χ3v) is 2.86. The first-order valence-corrected chi connectivity index (χ1v) is 5.76. The Morgan fingerprint density at radius 1 is 1.38 bits per heavy atom. The standard InChI is InChI=1S/C13H19N3/c1-9(2)6-13-11-5-4-10(8-14)7-12(11)15-16(13)3/h4-5,7,9H,6,8,14H2,1-3H3. The molecule has 16 heavy (non-hydrogen) atoms. The molecular formula is C13H19N3. The lowest BCUT2D eigenvalue weighted by atomic mass is 10.0. The van der Waals surface area contributed by atoms with Crippen LogP contribution in [0.4, 0.5) is 0 Å². The van der Waals surface area contributed by atoms with Crippen molar-refractivity contribution in [2.75, 3.05) is 0 Å². The minimum atomic E-state index is 0.575. The van der Waals surface area contributed by atoms with Gasteiger partial charge in [0.25, 0.3) is 0 Å². The molecule has 0 spiro atoms. The molecule has 86 valence electrons. The van der Waals surface area contributed by atoms with Gasteiger partial charge in [-0.25, -0.2) is 0 Å². The van der Waals surface area contributed by atoms with Gasteiger partial charge in [0.15, 0.2) is 0 Å². The number of fused-ring (bicyclic) bond motifs is 1. The van der Waals surface area contributed by atoms with E-state index in [-0.39, 0.29) is 0 Å². The van der Waals surface area contributed by atoms with Crippen LogP contribution in [0.3, 0.4) is 0 Å². The first-order chi connectivity index (χ1) is 7.61. The van der Waals surface area contributed by atoms with Crippen molar-refractivity contribution in [3.8, 4) is 0 Å². The summed E-state index contributed by atoms with van der Waals surface area (Å²) >= 11 is 0. The van der Waals surface area contributed by atoms with Gasteiger partial charge in [0.05, 0.1) is 5.52 Å². The molecule has 0 radical (unpaired) electrons. The summed E-state index contributed by atoms with van der Waals surface area (Å²) in [5.74, 6) is 0.646. The molecule has 3 heteroatoms. The van der Waals surface area contributed by atoms with E-state index in [0.29, 0.717) is 12.5 Å². The number of hydrogen-bond donors (Lipinski definition) is 1. The first-order valence-electron chi connectivity index (χ1n) is 5.76. The number of aryl methyl sites for hydroxylation is 1. The predicted octanol–water partition coefficient (Wildman–Crippen LogP) is 2.23. The number of benzene rings is 1. The van der Waals surface area contributed by atoms with E-state index in [0.717, 1.165) is 17.5 Å². The van der Waals surface area contributed by atoms with Crippen LogP contribution in [-0.2, 0) is 20.0 Å². The summed E-state index contributed by atoms with van der Waals surface area (Å²) in [5, 5.41) is 5.79. The molecule has 0 saturated heterocycles. The minimum Gasteiger partial charge on any atom is -0.326 e. The quantitative estimate of drug-likeness (QED) is 0.856. The molecular weight excluding hydrogens is 198 g/mol. The van der Waals surface area contributed by atoms with Crippen LogP contribution in [0.15, 0.2) is 18.2 Å². The van der Waals surface area contributed by atoms with E-state index >= 15 is 0 Å². The summed E-state index contributed by atoms with van der Waals surface area (Å²) in [5.41, 5.74) is 9.14. The minimum absolute atomic E-state index is 0.575. The highest BCUT2D eigenvalue weighted by Gasteiger charge is 2.10. The average Bonchev–Trinajstić information content (AvgIpc) is 2.54. The van der Waals surface area contributed by atoms with Gasteiger partial charge in [-0.15, -0.1) is 0 Å². The molecule has 0 bridgehead atoms. The maximum absolute atomic E-state index is 5.63. The largest absolute Gasteiger partial charge is 0.326 e. The third kappa shape index (κ3) is 1.95. The van der Waals surface area contributed by atoms with Gasteiger partial charge in [0.1, 0.15) is 0 Å². The second kappa shape index (κ2) is 4.26. The first kappa shape index (κ1) is 11.1. The summed E-state index contributed by atoms with van der Waals surface area (Å²) in [6.07, 6.45) is 1.06. The normalized spacial score (nSPS) is 11.6. The van der Waals surface area contributed by atoms with Gasteiger partial charge in [0, 0.05) is 24.7 Å². The third-order valence-electron chi connectivity index (χ3n) is 2.86. The molecule has 2 rings (SSSR count). The molecule has 0 aliphatic carbocycles. The Morgan fingerprint density at radius 3 is 2.75 bits per heavy atom. The summed E-state index contributed by atoms with van der Waals surface area (Å²) in [4.78, 5) is 0. The van der Waals surface area contributed by atoms with Crippen molar-refractivity contribution in [3.05, 3.63) is 29.5 Å². The van der Waals surface area contributed by atoms with Crippen LogP contribution in [0.25, 0.3) is 10.9 Å². The molecule has 0 saturated carbocycles. The number of hydrogen-bond acceptors (Lipinski definition) is 2. The van der Waals surface area contributed by atoms with Crippen LogP contribution in [-0.4, -0.2) is 9.78 Å². The molecule has 0 fully saturated rings. The van der Waals surface area contributed by atoms with Gasteiger partial charge in [0.2, 0.25) is 0 Å². The molecule has 0 aliphatic rings. The van der Waals surface area contributed by atoms with Crippen molar-refractivity contribution < 1.29 is 0 Å². The maximum Gasteiger partial charge on any atom is 0.0929 e. The lowest BCUT2D eigenvalue weighted by Gasteiger charge is -2.05. The number of nitrogens with two attached hydrogens (primary N) is 1. The molecule has 1 heterocycles. The van der Waals surface area contributed by atoms with Crippen LogP contribution in [0, 0.1) is 5.92 Å². The zero-order valence-electron chi connectivity index (χ0n) is 10.2. The Labute approximate surface area is 96.2 Å². The van der Waals surface area contributed by atoms with E-state index in [1.807, 2.05) is 11.7 Å². The fraction of sp³-hybridized carbons (Fsp3) is 0.462. The van der Waals surface area contributed by atoms with Crippen molar-refractivity contribution in [2.24, 2.45) is 18.7 Å². The second-order valence-corrected chi connectivity index (χ2v) is 4.72.